The lowest BCUT2D eigenvalue weighted by molar-refractivity contribution is -0.112. The Kier molecular flexibility index (Phi) is 6.86. The number of nitrogens with one attached hydrogen (secondary N) is 1. The van der Waals surface area contributed by atoms with Gasteiger partial charge in [-0.3, -0.25) is 4.79 Å². The number of rotatable bonds is 6. The summed E-state index contributed by atoms with van der Waals surface area (Å²) in [5.74, 6) is 1.14. The fourth-order valence-electron chi connectivity index (χ4n) is 2.24. The number of benzene rings is 2. The minimum absolute atomic E-state index is 0.0526. The van der Waals surface area contributed by atoms with Crippen LogP contribution in [0.2, 0.25) is 0 Å². The van der Waals surface area contributed by atoms with Crippen LogP contribution in [0.15, 0.2) is 42.0 Å². The molecule has 2 aromatic carbocycles. The van der Waals surface area contributed by atoms with Gasteiger partial charge in [0.2, 0.25) is 0 Å². The molecular formula is C19H17IN2O4. The van der Waals surface area contributed by atoms with Crippen molar-refractivity contribution in [3.05, 3.63) is 51.1 Å². The van der Waals surface area contributed by atoms with Gasteiger partial charge in [0.25, 0.3) is 5.91 Å². The van der Waals surface area contributed by atoms with Gasteiger partial charge < -0.3 is 19.5 Å². The van der Waals surface area contributed by atoms with Crippen LogP contribution in [-0.2, 0) is 4.79 Å². The van der Waals surface area contributed by atoms with E-state index >= 15 is 0 Å². The number of hydrogen-bond acceptors (Lipinski definition) is 5. The van der Waals surface area contributed by atoms with Crippen molar-refractivity contribution in [1.29, 1.82) is 5.26 Å². The number of carbonyl (C=O) groups excluding carboxylic acids is 1. The van der Waals surface area contributed by atoms with E-state index in [-0.39, 0.29) is 5.57 Å². The van der Waals surface area contributed by atoms with Crippen LogP contribution in [0.3, 0.4) is 0 Å². The van der Waals surface area contributed by atoms with E-state index in [0.717, 1.165) is 3.57 Å². The number of anilines is 1. The predicted molar refractivity (Wildman–Crippen MR) is 107 cm³/mol. The fraction of sp³-hybridized carbons (Fsp3) is 0.158. The standard InChI is InChI=1S/C19H17IN2O4/c1-24-16-6-4-15(5-7-16)22-19(23)13(11-21)8-12-9-14(20)10-17(25-2)18(12)26-3/h4-10H,1-3H3,(H,22,23)/b13-8-. The van der Waals surface area contributed by atoms with Crippen molar-refractivity contribution in [2.75, 3.05) is 26.6 Å². The Bertz CT molecular complexity index is 870. The maximum Gasteiger partial charge on any atom is 0.266 e. The molecule has 0 aliphatic carbocycles. The number of halogens is 1. The maximum atomic E-state index is 12.4. The summed E-state index contributed by atoms with van der Waals surface area (Å²) in [6.07, 6.45) is 1.47. The molecule has 0 aliphatic rings. The zero-order valence-corrected chi connectivity index (χ0v) is 16.7. The van der Waals surface area contributed by atoms with Crippen molar-refractivity contribution < 1.29 is 19.0 Å². The van der Waals surface area contributed by atoms with Gasteiger partial charge in [0.15, 0.2) is 11.5 Å². The molecule has 0 aromatic heterocycles. The average molecular weight is 464 g/mol. The molecule has 2 rings (SSSR count). The molecule has 7 heteroatoms. The molecule has 0 aliphatic heterocycles. The molecule has 0 fully saturated rings. The largest absolute Gasteiger partial charge is 0.497 e. The normalized spacial score (nSPS) is 10.7. The Morgan fingerprint density at radius 1 is 1.12 bits per heavy atom. The Morgan fingerprint density at radius 3 is 2.35 bits per heavy atom. The second kappa shape index (κ2) is 9.10. The highest BCUT2D eigenvalue weighted by molar-refractivity contribution is 14.1. The van der Waals surface area contributed by atoms with Crippen molar-refractivity contribution in [2.24, 2.45) is 0 Å². The summed E-state index contributed by atoms with van der Waals surface area (Å²) in [7, 11) is 4.60. The summed E-state index contributed by atoms with van der Waals surface area (Å²) in [6.45, 7) is 0. The molecule has 0 bridgehead atoms. The first-order valence-electron chi connectivity index (χ1n) is 7.51. The summed E-state index contributed by atoms with van der Waals surface area (Å²) in [5, 5.41) is 12.1. The summed E-state index contributed by atoms with van der Waals surface area (Å²) in [6, 6.07) is 12.4. The Labute approximate surface area is 165 Å². The Hall–Kier alpha value is -2.73. The van der Waals surface area contributed by atoms with Gasteiger partial charge in [0, 0.05) is 14.8 Å². The Morgan fingerprint density at radius 2 is 1.81 bits per heavy atom. The first-order valence-corrected chi connectivity index (χ1v) is 8.59. The molecule has 6 nitrogen and oxygen atoms in total. The molecule has 0 heterocycles. The van der Waals surface area contributed by atoms with E-state index in [4.69, 9.17) is 14.2 Å². The Balaban J connectivity index is 2.33. The number of methoxy groups -OCH3 is 3. The lowest BCUT2D eigenvalue weighted by atomic mass is 10.1. The molecule has 0 spiro atoms. The van der Waals surface area contributed by atoms with Crippen LogP contribution in [0.5, 0.6) is 17.2 Å². The lowest BCUT2D eigenvalue weighted by Gasteiger charge is -2.12. The van der Waals surface area contributed by atoms with Crippen molar-refractivity contribution in [3.63, 3.8) is 0 Å². The van der Waals surface area contributed by atoms with Gasteiger partial charge >= 0.3 is 0 Å². The van der Waals surface area contributed by atoms with Crippen LogP contribution >= 0.6 is 22.6 Å². The third kappa shape index (κ3) is 4.67. The summed E-state index contributed by atoms with van der Waals surface area (Å²) in [4.78, 5) is 12.4. The number of hydrogen-bond donors (Lipinski definition) is 1. The van der Waals surface area contributed by atoms with Gasteiger partial charge in [-0.1, -0.05) is 0 Å². The number of amides is 1. The van der Waals surface area contributed by atoms with Crippen LogP contribution in [-0.4, -0.2) is 27.2 Å². The zero-order valence-electron chi connectivity index (χ0n) is 14.5. The first kappa shape index (κ1) is 19.6. The highest BCUT2D eigenvalue weighted by Crippen LogP contribution is 2.34. The number of ether oxygens (including phenoxy) is 3. The highest BCUT2D eigenvalue weighted by atomic mass is 127. The van der Waals surface area contributed by atoms with E-state index in [1.54, 1.807) is 43.5 Å². The molecule has 0 unspecified atom stereocenters. The SMILES string of the molecule is COc1ccc(NC(=O)/C(C#N)=C\c2cc(I)cc(OC)c2OC)cc1. The molecule has 0 radical (unpaired) electrons. The van der Waals surface area contributed by atoms with Crippen LogP contribution in [0.4, 0.5) is 5.69 Å². The maximum absolute atomic E-state index is 12.4. The third-order valence-corrected chi connectivity index (χ3v) is 4.11. The van der Waals surface area contributed by atoms with Crippen molar-refractivity contribution >= 4 is 40.3 Å². The van der Waals surface area contributed by atoms with Gasteiger partial charge in [-0.25, -0.2) is 0 Å². The van der Waals surface area contributed by atoms with E-state index in [2.05, 4.69) is 27.9 Å². The van der Waals surface area contributed by atoms with Crippen LogP contribution in [0.1, 0.15) is 5.56 Å². The molecule has 0 saturated carbocycles. The van der Waals surface area contributed by atoms with Crippen LogP contribution in [0, 0.1) is 14.9 Å². The van der Waals surface area contributed by atoms with Gasteiger partial charge in [-0.2, -0.15) is 5.26 Å². The highest BCUT2D eigenvalue weighted by Gasteiger charge is 2.15. The third-order valence-electron chi connectivity index (χ3n) is 3.49. The van der Waals surface area contributed by atoms with E-state index in [1.165, 1.54) is 20.3 Å². The summed E-state index contributed by atoms with van der Waals surface area (Å²) < 4.78 is 16.6. The van der Waals surface area contributed by atoms with E-state index < -0.39 is 5.91 Å². The quantitative estimate of drug-likeness (QED) is 0.399. The van der Waals surface area contributed by atoms with Crippen molar-refractivity contribution in [3.8, 4) is 23.3 Å². The van der Waals surface area contributed by atoms with E-state index in [1.807, 2.05) is 6.07 Å². The topological polar surface area (TPSA) is 80.6 Å². The van der Waals surface area contributed by atoms with E-state index in [9.17, 15) is 10.1 Å². The fourth-order valence-corrected chi connectivity index (χ4v) is 2.86. The second-order valence-electron chi connectivity index (χ2n) is 5.08. The lowest BCUT2D eigenvalue weighted by Crippen LogP contribution is -2.13. The number of nitrogens with zero attached hydrogens (tertiary/aromatic N) is 1. The monoisotopic (exact) mass is 464 g/mol. The molecule has 2 aromatic rings. The average Bonchev–Trinajstić information content (AvgIpc) is 2.65. The van der Waals surface area contributed by atoms with Crippen LogP contribution in [0.25, 0.3) is 6.08 Å². The molecule has 1 N–H and O–H groups in total. The first-order chi connectivity index (χ1) is 12.5. The molecule has 0 saturated heterocycles. The molecule has 0 atom stereocenters. The zero-order chi connectivity index (χ0) is 19.1. The van der Waals surface area contributed by atoms with Gasteiger partial charge in [-0.15, -0.1) is 0 Å². The minimum Gasteiger partial charge on any atom is -0.497 e. The van der Waals surface area contributed by atoms with Crippen LogP contribution < -0.4 is 19.5 Å². The van der Waals surface area contributed by atoms with Gasteiger partial charge in [0.1, 0.15) is 17.4 Å². The van der Waals surface area contributed by atoms with Gasteiger partial charge in [-0.05, 0) is 65.1 Å². The number of nitriles is 1. The molecule has 26 heavy (non-hydrogen) atoms. The second-order valence-corrected chi connectivity index (χ2v) is 6.33. The minimum atomic E-state index is -0.516. The predicted octanol–water partition coefficient (Wildman–Crippen LogP) is 3.86. The van der Waals surface area contributed by atoms with Crippen molar-refractivity contribution in [2.45, 2.75) is 0 Å². The molecule has 1 amide bonds. The summed E-state index contributed by atoms with van der Waals surface area (Å²) in [5.41, 5.74) is 1.09. The smallest absolute Gasteiger partial charge is 0.266 e. The summed E-state index contributed by atoms with van der Waals surface area (Å²) >= 11 is 2.13. The molecular weight excluding hydrogens is 447 g/mol. The van der Waals surface area contributed by atoms with Crippen molar-refractivity contribution in [1.82, 2.24) is 0 Å². The molecule has 134 valence electrons. The van der Waals surface area contributed by atoms with E-state index in [0.29, 0.717) is 28.5 Å². The van der Waals surface area contributed by atoms with Gasteiger partial charge in [0.05, 0.1) is 21.3 Å². The number of carbonyl (C=O) groups is 1.